The molecular weight excluding hydrogens is 188 g/mol. The Bertz CT molecular complexity index is 252. The van der Waals surface area contributed by atoms with Crippen LogP contribution in [-0.4, -0.2) is 29.6 Å². The standard InChI is InChI=1S/C12H22N2O/c1-10-4-2-6-12(8-10,9-15)14-11-5-3-7-13-11/h10,15H,2-9H2,1H3,(H,13,14). The molecule has 0 aromatic rings. The molecule has 1 saturated carbocycles. The van der Waals surface area contributed by atoms with Crippen LogP contribution < -0.4 is 5.32 Å². The molecule has 1 fully saturated rings. The van der Waals surface area contributed by atoms with E-state index in [1.165, 1.54) is 19.3 Å². The van der Waals surface area contributed by atoms with Gasteiger partial charge in [-0.15, -0.1) is 0 Å². The summed E-state index contributed by atoms with van der Waals surface area (Å²) in [6.07, 6.45) is 6.93. The molecular formula is C12H22N2O. The number of amidine groups is 1. The van der Waals surface area contributed by atoms with Gasteiger partial charge in [0.05, 0.1) is 18.0 Å². The molecule has 3 nitrogen and oxygen atoms in total. The average Bonchev–Trinajstić information content (AvgIpc) is 2.70. The highest BCUT2D eigenvalue weighted by Crippen LogP contribution is 2.32. The molecule has 0 radical (unpaired) electrons. The quantitative estimate of drug-likeness (QED) is 0.728. The van der Waals surface area contributed by atoms with Crippen LogP contribution in [0.5, 0.6) is 0 Å². The third kappa shape index (κ3) is 2.51. The van der Waals surface area contributed by atoms with E-state index in [4.69, 9.17) is 0 Å². The summed E-state index contributed by atoms with van der Waals surface area (Å²) in [4.78, 5) is 4.44. The number of aliphatic hydroxyl groups is 1. The van der Waals surface area contributed by atoms with Crippen molar-refractivity contribution in [3.63, 3.8) is 0 Å². The minimum Gasteiger partial charge on any atom is -0.394 e. The number of nitrogens with one attached hydrogen (secondary N) is 1. The van der Waals surface area contributed by atoms with E-state index in [0.717, 1.165) is 37.6 Å². The maximum atomic E-state index is 9.60. The topological polar surface area (TPSA) is 44.6 Å². The fourth-order valence-electron chi connectivity index (χ4n) is 2.90. The largest absolute Gasteiger partial charge is 0.394 e. The van der Waals surface area contributed by atoms with E-state index in [-0.39, 0.29) is 12.1 Å². The molecule has 1 heterocycles. The summed E-state index contributed by atoms with van der Waals surface area (Å²) in [6.45, 7) is 3.48. The lowest BCUT2D eigenvalue weighted by molar-refractivity contribution is 0.116. The molecule has 0 bridgehead atoms. The van der Waals surface area contributed by atoms with Crippen LogP contribution in [0.25, 0.3) is 0 Å². The van der Waals surface area contributed by atoms with Crippen LogP contribution in [0.4, 0.5) is 0 Å². The molecule has 0 spiro atoms. The molecule has 0 aromatic carbocycles. The Balaban J connectivity index is 2.00. The van der Waals surface area contributed by atoms with E-state index in [0.29, 0.717) is 0 Å². The third-order valence-electron chi connectivity index (χ3n) is 3.68. The Morgan fingerprint density at radius 1 is 1.53 bits per heavy atom. The molecule has 2 N–H and O–H groups in total. The molecule has 0 aromatic heterocycles. The average molecular weight is 210 g/mol. The van der Waals surface area contributed by atoms with Crippen molar-refractivity contribution in [2.45, 2.75) is 51.0 Å². The first-order chi connectivity index (χ1) is 7.24. The smallest absolute Gasteiger partial charge is 0.0968 e. The molecule has 2 atom stereocenters. The first-order valence-electron chi connectivity index (χ1n) is 6.16. The van der Waals surface area contributed by atoms with E-state index in [1.807, 2.05) is 0 Å². The lowest BCUT2D eigenvalue weighted by Gasteiger charge is -2.40. The Labute approximate surface area is 92.0 Å². The van der Waals surface area contributed by atoms with Crippen LogP contribution in [0.2, 0.25) is 0 Å². The van der Waals surface area contributed by atoms with E-state index in [2.05, 4.69) is 17.2 Å². The SMILES string of the molecule is CC1CCCC(CO)(NC2=NCCC2)C1. The van der Waals surface area contributed by atoms with Crippen LogP contribution in [0.3, 0.4) is 0 Å². The van der Waals surface area contributed by atoms with Gasteiger partial charge in [0, 0.05) is 13.0 Å². The van der Waals surface area contributed by atoms with Crippen LogP contribution in [0, 0.1) is 5.92 Å². The van der Waals surface area contributed by atoms with Crippen molar-refractivity contribution in [1.29, 1.82) is 0 Å². The summed E-state index contributed by atoms with van der Waals surface area (Å²) in [5.74, 6) is 1.85. The van der Waals surface area contributed by atoms with Gasteiger partial charge < -0.3 is 10.4 Å². The molecule has 15 heavy (non-hydrogen) atoms. The molecule has 2 aliphatic rings. The van der Waals surface area contributed by atoms with Gasteiger partial charge in [0.15, 0.2) is 0 Å². The number of aliphatic hydroxyl groups excluding tert-OH is 1. The second kappa shape index (κ2) is 4.52. The van der Waals surface area contributed by atoms with Crippen LogP contribution in [-0.2, 0) is 0 Å². The maximum Gasteiger partial charge on any atom is 0.0968 e. The molecule has 1 aliphatic carbocycles. The number of aliphatic imine (C=N–C) groups is 1. The number of rotatable bonds is 2. The van der Waals surface area contributed by atoms with Crippen molar-refractivity contribution >= 4 is 5.84 Å². The van der Waals surface area contributed by atoms with Gasteiger partial charge >= 0.3 is 0 Å². The van der Waals surface area contributed by atoms with Crippen LogP contribution >= 0.6 is 0 Å². The van der Waals surface area contributed by atoms with Gasteiger partial charge in [0.25, 0.3) is 0 Å². The number of hydrogen-bond acceptors (Lipinski definition) is 3. The Morgan fingerprint density at radius 2 is 2.40 bits per heavy atom. The van der Waals surface area contributed by atoms with Gasteiger partial charge in [-0.25, -0.2) is 0 Å². The van der Waals surface area contributed by atoms with Crippen molar-refractivity contribution in [3.05, 3.63) is 0 Å². The first kappa shape index (κ1) is 10.9. The van der Waals surface area contributed by atoms with Gasteiger partial charge in [-0.05, 0) is 25.2 Å². The highest BCUT2D eigenvalue weighted by molar-refractivity contribution is 5.84. The van der Waals surface area contributed by atoms with Crippen LogP contribution in [0.1, 0.15) is 45.4 Å². The summed E-state index contributed by atoms with van der Waals surface area (Å²) < 4.78 is 0. The predicted octanol–water partition coefficient (Wildman–Crippen LogP) is 1.71. The molecule has 86 valence electrons. The fraction of sp³-hybridized carbons (Fsp3) is 0.917. The summed E-state index contributed by atoms with van der Waals surface area (Å²) in [7, 11) is 0. The van der Waals surface area contributed by atoms with Gasteiger partial charge in [-0.1, -0.05) is 19.8 Å². The van der Waals surface area contributed by atoms with Gasteiger partial charge in [-0.2, -0.15) is 0 Å². The van der Waals surface area contributed by atoms with Crippen molar-refractivity contribution in [3.8, 4) is 0 Å². The van der Waals surface area contributed by atoms with Crippen molar-refractivity contribution in [1.82, 2.24) is 5.32 Å². The summed E-state index contributed by atoms with van der Waals surface area (Å²) in [6, 6.07) is 0. The highest BCUT2D eigenvalue weighted by atomic mass is 16.3. The number of hydrogen-bond donors (Lipinski definition) is 2. The first-order valence-corrected chi connectivity index (χ1v) is 6.16. The lowest BCUT2D eigenvalue weighted by atomic mass is 9.76. The second-order valence-corrected chi connectivity index (χ2v) is 5.20. The lowest BCUT2D eigenvalue weighted by Crippen LogP contribution is -2.53. The zero-order chi connectivity index (χ0) is 10.7. The maximum absolute atomic E-state index is 9.60. The number of nitrogens with zero attached hydrogens (tertiary/aromatic N) is 1. The van der Waals surface area contributed by atoms with Gasteiger partial charge in [0.1, 0.15) is 0 Å². The molecule has 0 saturated heterocycles. The fourth-order valence-corrected chi connectivity index (χ4v) is 2.90. The summed E-state index contributed by atoms with van der Waals surface area (Å²) >= 11 is 0. The van der Waals surface area contributed by atoms with E-state index < -0.39 is 0 Å². The predicted molar refractivity (Wildman–Crippen MR) is 62.1 cm³/mol. The molecule has 1 aliphatic heterocycles. The monoisotopic (exact) mass is 210 g/mol. The zero-order valence-corrected chi connectivity index (χ0v) is 9.63. The minimum absolute atomic E-state index is 0.0686. The van der Waals surface area contributed by atoms with E-state index >= 15 is 0 Å². The van der Waals surface area contributed by atoms with Gasteiger partial charge in [-0.3, -0.25) is 4.99 Å². The van der Waals surface area contributed by atoms with E-state index in [9.17, 15) is 5.11 Å². The molecule has 3 heteroatoms. The highest BCUT2D eigenvalue weighted by Gasteiger charge is 2.35. The molecule has 2 rings (SSSR count). The van der Waals surface area contributed by atoms with Crippen molar-refractivity contribution in [2.75, 3.05) is 13.2 Å². The van der Waals surface area contributed by atoms with E-state index in [1.54, 1.807) is 0 Å². The Kier molecular flexibility index (Phi) is 3.29. The second-order valence-electron chi connectivity index (χ2n) is 5.20. The Morgan fingerprint density at radius 3 is 3.00 bits per heavy atom. The zero-order valence-electron chi connectivity index (χ0n) is 9.63. The van der Waals surface area contributed by atoms with Crippen molar-refractivity contribution in [2.24, 2.45) is 10.9 Å². The van der Waals surface area contributed by atoms with Crippen molar-refractivity contribution < 1.29 is 5.11 Å². The minimum atomic E-state index is -0.0686. The summed E-state index contributed by atoms with van der Waals surface area (Å²) in [5.41, 5.74) is -0.0686. The molecule has 2 unspecified atom stereocenters. The van der Waals surface area contributed by atoms with Crippen LogP contribution in [0.15, 0.2) is 4.99 Å². The third-order valence-corrected chi connectivity index (χ3v) is 3.68. The summed E-state index contributed by atoms with van der Waals surface area (Å²) in [5, 5.41) is 13.1. The van der Waals surface area contributed by atoms with Gasteiger partial charge in [0.2, 0.25) is 0 Å². The normalized spacial score (nSPS) is 36.4. The molecule has 0 amide bonds. The Hall–Kier alpha value is -0.570.